The molecule has 0 bridgehead atoms. The third-order valence-electron chi connectivity index (χ3n) is 2.74. The highest BCUT2D eigenvalue weighted by Gasteiger charge is 2.38. The summed E-state index contributed by atoms with van der Waals surface area (Å²) < 4.78 is 19.8. The van der Waals surface area contributed by atoms with Crippen molar-refractivity contribution in [3.63, 3.8) is 0 Å². The van der Waals surface area contributed by atoms with Gasteiger partial charge >= 0.3 is 7.52 Å². The van der Waals surface area contributed by atoms with E-state index in [1.165, 1.54) is 0 Å². The summed E-state index contributed by atoms with van der Waals surface area (Å²) in [5.74, 6) is 2.12. The Morgan fingerprint density at radius 3 is 1.71 bits per heavy atom. The second-order valence-corrected chi connectivity index (χ2v) is 7.16. The van der Waals surface area contributed by atoms with Crippen LogP contribution in [0.15, 0.2) is 0 Å². The van der Waals surface area contributed by atoms with E-state index in [4.69, 9.17) is 4.52 Å². The Morgan fingerprint density at radius 1 is 1.06 bits per heavy atom. The Kier molecular flexibility index (Phi) is 6.40. The van der Waals surface area contributed by atoms with Gasteiger partial charge in [0.25, 0.3) is 0 Å². The van der Waals surface area contributed by atoms with Crippen molar-refractivity contribution in [3.8, 4) is 5.81 Å². The first kappa shape index (κ1) is 16.6. The lowest BCUT2D eigenvalue weighted by Crippen LogP contribution is -2.35. The van der Waals surface area contributed by atoms with Crippen LogP contribution in [0.25, 0.3) is 0 Å². The van der Waals surface area contributed by atoms with Gasteiger partial charge in [-0.25, -0.2) is 4.67 Å². The maximum atomic E-state index is 12.6. The van der Waals surface area contributed by atoms with Crippen LogP contribution in [0.1, 0.15) is 48.5 Å². The molecule has 0 aliphatic heterocycles. The van der Waals surface area contributed by atoms with E-state index in [2.05, 4.69) is 0 Å². The molecule has 0 aromatic carbocycles. The van der Waals surface area contributed by atoms with Gasteiger partial charge in [-0.2, -0.15) is 5.26 Å². The van der Waals surface area contributed by atoms with Gasteiger partial charge in [0.15, 0.2) is 5.81 Å². The van der Waals surface area contributed by atoms with Crippen LogP contribution in [-0.2, 0) is 9.09 Å². The predicted octanol–water partition coefficient (Wildman–Crippen LogP) is 3.84. The van der Waals surface area contributed by atoms with E-state index in [1.807, 2.05) is 54.3 Å². The summed E-state index contributed by atoms with van der Waals surface area (Å²) in [5, 5.41) is 9.20. The van der Waals surface area contributed by atoms with Crippen LogP contribution in [0.3, 0.4) is 0 Å². The number of nitrogens with zero attached hydrogens (tertiary/aromatic N) is 2. The molecule has 0 aliphatic carbocycles. The molecule has 0 saturated carbocycles. The largest absolute Gasteiger partial charge is 0.371 e. The summed E-state index contributed by atoms with van der Waals surface area (Å²) in [4.78, 5) is 0. The quantitative estimate of drug-likeness (QED) is 0.681. The van der Waals surface area contributed by atoms with Crippen LogP contribution in [0.2, 0.25) is 0 Å². The van der Waals surface area contributed by atoms with E-state index < -0.39 is 7.52 Å². The van der Waals surface area contributed by atoms with Gasteiger partial charge in [-0.05, 0) is 40.5 Å². The maximum absolute atomic E-state index is 12.6. The molecule has 0 saturated heterocycles. The molecule has 2 atom stereocenters. The number of hydrogen-bond acceptors (Lipinski definition) is 3. The van der Waals surface area contributed by atoms with E-state index in [-0.39, 0.29) is 24.1 Å². The summed E-state index contributed by atoms with van der Waals surface area (Å²) in [6.45, 7) is 13.5. The SMILES string of the molecule is CC(C)C(C)OP(=O)(C#N)N(C(C)C)C(C)C. The van der Waals surface area contributed by atoms with Crippen LogP contribution < -0.4 is 0 Å². The van der Waals surface area contributed by atoms with Crippen molar-refractivity contribution in [2.24, 2.45) is 5.92 Å². The minimum Gasteiger partial charge on any atom is -0.304 e. The van der Waals surface area contributed by atoms with Gasteiger partial charge < -0.3 is 4.52 Å². The smallest absolute Gasteiger partial charge is 0.304 e. The Morgan fingerprint density at radius 2 is 1.47 bits per heavy atom. The van der Waals surface area contributed by atoms with Gasteiger partial charge in [0.2, 0.25) is 0 Å². The zero-order valence-corrected chi connectivity index (χ0v) is 12.9. The summed E-state index contributed by atoms with van der Waals surface area (Å²) in [6, 6.07) is 0.0275. The predicted molar refractivity (Wildman–Crippen MR) is 70.7 cm³/mol. The van der Waals surface area contributed by atoms with Crippen molar-refractivity contribution in [1.82, 2.24) is 4.67 Å². The van der Waals surface area contributed by atoms with Gasteiger partial charge in [0.1, 0.15) is 0 Å². The molecule has 0 aromatic heterocycles. The monoisotopic (exact) mass is 260 g/mol. The molecule has 0 aromatic rings. The molecule has 5 heteroatoms. The molecule has 100 valence electrons. The van der Waals surface area contributed by atoms with E-state index >= 15 is 0 Å². The van der Waals surface area contributed by atoms with Crippen molar-refractivity contribution >= 4 is 7.52 Å². The summed E-state index contributed by atoms with van der Waals surface area (Å²) in [7, 11) is -3.39. The number of hydrogen-bond donors (Lipinski definition) is 0. The Balaban J connectivity index is 5.13. The van der Waals surface area contributed by atoms with Crippen molar-refractivity contribution in [1.29, 1.82) is 5.26 Å². The molecule has 0 rings (SSSR count). The zero-order chi connectivity index (χ0) is 13.8. The average molecular weight is 260 g/mol. The van der Waals surface area contributed by atoms with Crippen molar-refractivity contribution < 1.29 is 9.09 Å². The van der Waals surface area contributed by atoms with Crippen molar-refractivity contribution in [2.75, 3.05) is 0 Å². The molecule has 0 aliphatic rings. The first-order valence-electron chi connectivity index (χ1n) is 6.14. The van der Waals surface area contributed by atoms with Gasteiger partial charge in [-0.15, -0.1) is 0 Å². The Bertz CT molecular complexity index is 313. The minimum atomic E-state index is -3.39. The van der Waals surface area contributed by atoms with E-state index in [0.717, 1.165) is 0 Å². The van der Waals surface area contributed by atoms with Crippen LogP contribution in [0.5, 0.6) is 0 Å². The van der Waals surface area contributed by atoms with Crippen LogP contribution in [0, 0.1) is 17.0 Å². The fraction of sp³-hybridized carbons (Fsp3) is 0.917. The normalized spacial score (nSPS) is 17.5. The Labute approximate surface area is 105 Å². The molecule has 4 nitrogen and oxygen atoms in total. The molecule has 0 radical (unpaired) electrons. The third kappa shape index (κ3) is 4.43. The average Bonchev–Trinajstić information content (AvgIpc) is 2.15. The highest BCUT2D eigenvalue weighted by Crippen LogP contribution is 2.53. The molecule has 0 N–H and O–H groups in total. The highest BCUT2D eigenvalue weighted by molar-refractivity contribution is 7.61. The van der Waals surface area contributed by atoms with Gasteiger partial charge in [-0.1, -0.05) is 13.8 Å². The summed E-state index contributed by atoms with van der Waals surface area (Å²) in [5.41, 5.74) is 0. The number of nitriles is 1. The van der Waals surface area contributed by atoms with Crippen LogP contribution >= 0.6 is 7.52 Å². The lowest BCUT2D eigenvalue weighted by molar-refractivity contribution is 0.143. The maximum Gasteiger partial charge on any atom is 0.371 e. The topological polar surface area (TPSA) is 53.3 Å². The van der Waals surface area contributed by atoms with Crippen LogP contribution in [-0.4, -0.2) is 22.9 Å². The fourth-order valence-electron chi connectivity index (χ4n) is 1.68. The molecular formula is C12H25N2O2P. The van der Waals surface area contributed by atoms with Gasteiger partial charge in [0, 0.05) is 12.1 Å². The molecule has 0 heterocycles. The van der Waals surface area contributed by atoms with Crippen LogP contribution in [0.4, 0.5) is 0 Å². The van der Waals surface area contributed by atoms with E-state index in [9.17, 15) is 9.83 Å². The van der Waals surface area contributed by atoms with Gasteiger partial charge in [0.05, 0.1) is 6.10 Å². The molecular weight excluding hydrogens is 235 g/mol. The molecule has 0 amide bonds. The highest BCUT2D eigenvalue weighted by atomic mass is 31.2. The summed E-state index contributed by atoms with van der Waals surface area (Å²) >= 11 is 0. The molecule has 0 spiro atoms. The lowest BCUT2D eigenvalue weighted by atomic mass is 10.1. The second-order valence-electron chi connectivity index (χ2n) is 5.24. The molecule has 2 unspecified atom stereocenters. The van der Waals surface area contributed by atoms with Crippen molar-refractivity contribution in [3.05, 3.63) is 0 Å². The van der Waals surface area contributed by atoms with E-state index in [0.29, 0.717) is 0 Å². The lowest BCUT2D eigenvalue weighted by Gasteiger charge is -2.35. The minimum absolute atomic E-state index is 0.0137. The second kappa shape index (κ2) is 6.54. The standard InChI is InChI=1S/C12H25N2O2P/c1-9(2)12(7)16-17(15,8-13)14(10(3)4)11(5)6/h9-12H,1-7H3. The first-order valence-corrected chi connectivity index (χ1v) is 7.72. The molecule has 17 heavy (non-hydrogen) atoms. The van der Waals surface area contributed by atoms with E-state index in [1.54, 1.807) is 4.67 Å². The zero-order valence-electron chi connectivity index (χ0n) is 12.0. The fourth-order valence-corrected chi connectivity index (χ4v) is 3.85. The number of rotatable bonds is 6. The summed E-state index contributed by atoms with van der Waals surface area (Å²) in [6.07, 6.45) is -0.194. The first-order chi connectivity index (χ1) is 7.65. The molecule has 0 fully saturated rings. The van der Waals surface area contributed by atoms with Crippen molar-refractivity contribution in [2.45, 2.75) is 66.7 Å². The third-order valence-corrected chi connectivity index (χ3v) is 5.14. The van der Waals surface area contributed by atoms with Gasteiger partial charge in [-0.3, -0.25) is 4.57 Å². The Hall–Kier alpha value is -0.360.